The minimum atomic E-state index is -3.79. The van der Waals surface area contributed by atoms with Gasteiger partial charge in [-0.05, 0) is 31.2 Å². The second-order valence-electron chi connectivity index (χ2n) is 5.33. The fraction of sp³-hybridized carbons (Fsp3) is 0.167. The van der Waals surface area contributed by atoms with Crippen molar-refractivity contribution in [2.75, 3.05) is 18.3 Å². The summed E-state index contributed by atoms with van der Waals surface area (Å²) >= 11 is 0. The van der Waals surface area contributed by atoms with Crippen LogP contribution in [0.15, 0.2) is 53.4 Å². The van der Waals surface area contributed by atoms with Gasteiger partial charge in [-0.2, -0.15) is 0 Å². The number of para-hydroxylation sites is 1. The third-order valence-electron chi connectivity index (χ3n) is 3.41. The number of aryl methyl sites for hydroxylation is 1. The standard InChI is InChI=1S/C18H18N2O3S/c1-4-13-20(3)18(21)16-7-5-6-8-17(16)19-24(22,23)15-11-9-14(2)10-12-15/h1,5-12,19H,13H2,2-3H3. The number of carbonyl (C=O) groups is 1. The SMILES string of the molecule is C#CCN(C)C(=O)c1ccccc1NS(=O)(=O)c1ccc(C)cc1. The molecular weight excluding hydrogens is 324 g/mol. The zero-order valence-electron chi connectivity index (χ0n) is 13.5. The molecule has 24 heavy (non-hydrogen) atoms. The summed E-state index contributed by atoms with van der Waals surface area (Å²) in [7, 11) is -2.22. The molecular formula is C18H18N2O3S. The number of anilines is 1. The molecule has 0 aliphatic heterocycles. The maximum Gasteiger partial charge on any atom is 0.261 e. The van der Waals surface area contributed by atoms with Crippen molar-refractivity contribution in [3.63, 3.8) is 0 Å². The summed E-state index contributed by atoms with van der Waals surface area (Å²) in [5.74, 6) is 2.03. The number of nitrogens with zero attached hydrogens (tertiary/aromatic N) is 1. The number of rotatable bonds is 5. The summed E-state index contributed by atoms with van der Waals surface area (Å²) in [5.41, 5.74) is 1.42. The number of amides is 1. The number of benzene rings is 2. The molecule has 2 aromatic carbocycles. The van der Waals surface area contributed by atoms with Gasteiger partial charge in [0, 0.05) is 7.05 Å². The molecule has 0 aliphatic rings. The minimum Gasteiger partial charge on any atom is -0.331 e. The molecule has 1 amide bonds. The van der Waals surface area contributed by atoms with Crippen LogP contribution in [0.4, 0.5) is 5.69 Å². The van der Waals surface area contributed by atoms with Crippen LogP contribution < -0.4 is 4.72 Å². The minimum absolute atomic E-state index is 0.132. The highest BCUT2D eigenvalue weighted by atomic mass is 32.2. The highest BCUT2D eigenvalue weighted by Gasteiger charge is 2.20. The van der Waals surface area contributed by atoms with Crippen LogP contribution in [-0.4, -0.2) is 32.8 Å². The molecule has 124 valence electrons. The Morgan fingerprint density at radius 2 is 1.79 bits per heavy atom. The Morgan fingerprint density at radius 1 is 1.17 bits per heavy atom. The van der Waals surface area contributed by atoms with E-state index in [2.05, 4.69) is 10.6 Å². The predicted octanol–water partition coefficient (Wildman–Crippen LogP) is 2.50. The van der Waals surface area contributed by atoms with Crippen molar-refractivity contribution >= 4 is 21.6 Å². The van der Waals surface area contributed by atoms with E-state index in [9.17, 15) is 13.2 Å². The number of terminal acetylenes is 1. The van der Waals surface area contributed by atoms with E-state index < -0.39 is 10.0 Å². The third kappa shape index (κ3) is 3.94. The zero-order valence-corrected chi connectivity index (χ0v) is 14.3. The Bertz CT molecular complexity index is 881. The Balaban J connectivity index is 2.35. The van der Waals surface area contributed by atoms with Crippen molar-refractivity contribution < 1.29 is 13.2 Å². The predicted molar refractivity (Wildman–Crippen MR) is 94.2 cm³/mol. The highest BCUT2D eigenvalue weighted by molar-refractivity contribution is 7.92. The molecule has 0 fully saturated rings. The van der Waals surface area contributed by atoms with E-state index in [1.807, 2.05) is 6.92 Å². The normalized spacial score (nSPS) is 10.7. The van der Waals surface area contributed by atoms with E-state index in [1.165, 1.54) is 17.0 Å². The van der Waals surface area contributed by atoms with Gasteiger partial charge in [-0.3, -0.25) is 9.52 Å². The molecule has 0 bridgehead atoms. The van der Waals surface area contributed by atoms with Crippen molar-refractivity contribution in [1.29, 1.82) is 0 Å². The number of hydrogen-bond acceptors (Lipinski definition) is 3. The molecule has 0 spiro atoms. The molecule has 0 unspecified atom stereocenters. The van der Waals surface area contributed by atoms with Gasteiger partial charge in [0.25, 0.3) is 15.9 Å². The van der Waals surface area contributed by atoms with Crippen LogP contribution in [0.5, 0.6) is 0 Å². The second kappa shape index (κ2) is 7.20. The van der Waals surface area contributed by atoms with Crippen molar-refractivity contribution in [2.45, 2.75) is 11.8 Å². The summed E-state index contributed by atoms with van der Waals surface area (Å²) in [6, 6.07) is 12.9. The van der Waals surface area contributed by atoms with Gasteiger partial charge >= 0.3 is 0 Å². The quantitative estimate of drug-likeness (QED) is 0.849. The lowest BCUT2D eigenvalue weighted by atomic mass is 10.1. The fourth-order valence-electron chi connectivity index (χ4n) is 2.09. The van der Waals surface area contributed by atoms with Crippen molar-refractivity contribution in [3.05, 3.63) is 59.7 Å². The lowest BCUT2D eigenvalue weighted by Gasteiger charge is -2.17. The Labute approximate surface area is 142 Å². The Hall–Kier alpha value is -2.78. The summed E-state index contributed by atoms with van der Waals surface area (Å²) < 4.78 is 27.5. The molecule has 0 saturated carbocycles. The maximum atomic E-state index is 12.5. The van der Waals surface area contributed by atoms with Gasteiger partial charge in [-0.15, -0.1) is 6.42 Å². The van der Waals surface area contributed by atoms with E-state index in [4.69, 9.17) is 6.42 Å². The van der Waals surface area contributed by atoms with Crippen molar-refractivity contribution in [2.24, 2.45) is 0 Å². The largest absolute Gasteiger partial charge is 0.331 e. The first-order chi connectivity index (χ1) is 11.3. The lowest BCUT2D eigenvalue weighted by molar-refractivity contribution is 0.0813. The van der Waals surface area contributed by atoms with E-state index in [0.29, 0.717) is 0 Å². The number of carbonyl (C=O) groups excluding carboxylic acids is 1. The van der Waals surface area contributed by atoms with Crippen LogP contribution in [0.3, 0.4) is 0 Å². The van der Waals surface area contributed by atoms with Gasteiger partial charge in [0.2, 0.25) is 0 Å². The Kier molecular flexibility index (Phi) is 5.27. The van der Waals surface area contributed by atoms with Crippen LogP contribution >= 0.6 is 0 Å². The summed E-state index contributed by atoms with van der Waals surface area (Å²) in [5, 5.41) is 0. The van der Waals surface area contributed by atoms with Crippen LogP contribution in [-0.2, 0) is 10.0 Å². The molecule has 0 atom stereocenters. The fourth-order valence-corrected chi connectivity index (χ4v) is 3.17. The first-order valence-electron chi connectivity index (χ1n) is 7.22. The van der Waals surface area contributed by atoms with Crippen LogP contribution in [0.2, 0.25) is 0 Å². The number of sulfonamides is 1. The van der Waals surface area contributed by atoms with Gasteiger partial charge in [0.05, 0.1) is 22.7 Å². The first kappa shape index (κ1) is 17.6. The molecule has 1 N–H and O–H groups in total. The second-order valence-corrected chi connectivity index (χ2v) is 7.01. The molecule has 0 aromatic heterocycles. The number of hydrogen-bond donors (Lipinski definition) is 1. The van der Waals surface area contributed by atoms with Crippen LogP contribution in [0.1, 0.15) is 15.9 Å². The van der Waals surface area contributed by atoms with Gasteiger partial charge in [0.15, 0.2) is 0 Å². The van der Waals surface area contributed by atoms with E-state index in [-0.39, 0.29) is 28.6 Å². The average molecular weight is 342 g/mol. The van der Waals surface area contributed by atoms with Crippen molar-refractivity contribution in [1.82, 2.24) is 4.90 Å². The molecule has 0 radical (unpaired) electrons. The topological polar surface area (TPSA) is 66.5 Å². The maximum absolute atomic E-state index is 12.5. The van der Waals surface area contributed by atoms with Crippen molar-refractivity contribution in [3.8, 4) is 12.3 Å². The summed E-state index contributed by atoms with van der Waals surface area (Å²) in [4.78, 5) is 13.9. The van der Waals surface area contributed by atoms with E-state index in [0.717, 1.165) is 5.56 Å². The average Bonchev–Trinajstić information content (AvgIpc) is 2.55. The monoisotopic (exact) mass is 342 g/mol. The third-order valence-corrected chi connectivity index (χ3v) is 4.79. The molecule has 5 nitrogen and oxygen atoms in total. The molecule has 6 heteroatoms. The van der Waals surface area contributed by atoms with Gasteiger partial charge in [0.1, 0.15) is 0 Å². The zero-order chi connectivity index (χ0) is 17.7. The first-order valence-corrected chi connectivity index (χ1v) is 8.71. The van der Waals surface area contributed by atoms with Gasteiger partial charge < -0.3 is 4.90 Å². The summed E-state index contributed by atoms with van der Waals surface area (Å²) in [6.07, 6.45) is 5.22. The van der Waals surface area contributed by atoms with E-state index in [1.54, 1.807) is 43.4 Å². The smallest absolute Gasteiger partial charge is 0.261 e. The van der Waals surface area contributed by atoms with Gasteiger partial charge in [-0.1, -0.05) is 35.7 Å². The van der Waals surface area contributed by atoms with Gasteiger partial charge in [-0.25, -0.2) is 8.42 Å². The molecule has 2 rings (SSSR count). The molecule has 0 saturated heterocycles. The molecule has 2 aromatic rings. The lowest BCUT2D eigenvalue weighted by Crippen LogP contribution is -2.28. The molecule has 0 heterocycles. The van der Waals surface area contributed by atoms with Crippen LogP contribution in [0, 0.1) is 19.3 Å². The van der Waals surface area contributed by atoms with Crippen LogP contribution in [0.25, 0.3) is 0 Å². The highest BCUT2D eigenvalue weighted by Crippen LogP contribution is 2.21. The molecule has 0 aliphatic carbocycles. The Morgan fingerprint density at radius 3 is 2.42 bits per heavy atom. The van der Waals surface area contributed by atoms with E-state index >= 15 is 0 Å². The summed E-state index contributed by atoms with van der Waals surface area (Å²) in [6.45, 7) is 2.01. The number of nitrogens with one attached hydrogen (secondary N) is 1.